The fourth-order valence-corrected chi connectivity index (χ4v) is 4.64. The lowest BCUT2D eigenvalue weighted by atomic mass is 9.96. The smallest absolute Gasteiger partial charge is 0.261 e. The van der Waals surface area contributed by atoms with E-state index in [1.54, 1.807) is 9.47 Å². The van der Waals surface area contributed by atoms with E-state index >= 15 is 0 Å². The molecule has 2 amide bonds. The van der Waals surface area contributed by atoms with Crippen molar-refractivity contribution in [3.05, 3.63) is 70.8 Å². The molecular formula is C26H28N4O3. The highest BCUT2D eigenvalue weighted by molar-refractivity contribution is 5.93. The molecule has 33 heavy (non-hydrogen) atoms. The molecule has 1 aromatic heterocycles. The minimum absolute atomic E-state index is 0.0111. The number of nitrogens with one attached hydrogen (secondary N) is 1. The highest BCUT2D eigenvalue weighted by Gasteiger charge is 2.30. The van der Waals surface area contributed by atoms with Crippen LogP contribution in [0.15, 0.2) is 59.4 Å². The van der Waals surface area contributed by atoms with Crippen LogP contribution in [-0.4, -0.2) is 39.4 Å². The van der Waals surface area contributed by atoms with Crippen molar-refractivity contribution < 1.29 is 9.59 Å². The Balaban J connectivity index is 1.26. The van der Waals surface area contributed by atoms with Crippen LogP contribution in [-0.2, 0) is 16.0 Å². The number of nitrogens with zero attached hydrogens (tertiary/aromatic N) is 3. The van der Waals surface area contributed by atoms with Gasteiger partial charge in [0, 0.05) is 37.7 Å². The van der Waals surface area contributed by atoms with E-state index < -0.39 is 0 Å². The third-order valence-electron chi connectivity index (χ3n) is 6.54. The molecule has 2 aliphatic rings. The van der Waals surface area contributed by atoms with Crippen molar-refractivity contribution in [2.75, 3.05) is 18.4 Å². The highest BCUT2D eigenvalue weighted by atomic mass is 16.2. The number of anilines is 1. The van der Waals surface area contributed by atoms with Crippen molar-refractivity contribution in [3.8, 4) is 0 Å². The monoisotopic (exact) mass is 444 g/mol. The first-order valence-corrected chi connectivity index (χ1v) is 11.7. The highest BCUT2D eigenvalue weighted by Crippen LogP contribution is 2.35. The topological polar surface area (TPSA) is 84.3 Å². The van der Waals surface area contributed by atoms with Gasteiger partial charge in [-0.1, -0.05) is 30.3 Å². The van der Waals surface area contributed by atoms with Crippen molar-refractivity contribution in [2.24, 2.45) is 5.92 Å². The van der Waals surface area contributed by atoms with Gasteiger partial charge in [0.1, 0.15) is 5.82 Å². The van der Waals surface area contributed by atoms with Gasteiger partial charge in [0.15, 0.2) is 0 Å². The average Bonchev–Trinajstić information content (AvgIpc) is 3.68. The second kappa shape index (κ2) is 9.17. The second-order valence-corrected chi connectivity index (χ2v) is 8.99. The summed E-state index contributed by atoms with van der Waals surface area (Å²) in [4.78, 5) is 45.3. The molecule has 170 valence electrons. The van der Waals surface area contributed by atoms with Gasteiger partial charge in [0.25, 0.3) is 5.56 Å². The number of hydrogen-bond acceptors (Lipinski definition) is 4. The first-order valence-electron chi connectivity index (χ1n) is 11.7. The lowest BCUT2D eigenvalue weighted by Gasteiger charge is -2.32. The Labute approximate surface area is 192 Å². The molecule has 1 aliphatic carbocycles. The van der Waals surface area contributed by atoms with E-state index in [4.69, 9.17) is 4.98 Å². The van der Waals surface area contributed by atoms with Gasteiger partial charge in [-0.2, -0.15) is 0 Å². The predicted octanol–water partition coefficient (Wildman–Crippen LogP) is 3.54. The van der Waals surface area contributed by atoms with Crippen LogP contribution in [0.2, 0.25) is 0 Å². The normalized spacial score (nSPS) is 18.3. The Hall–Kier alpha value is -3.48. The number of carbonyl (C=O) groups excluding carboxylic acids is 2. The molecule has 0 spiro atoms. The van der Waals surface area contributed by atoms with Gasteiger partial charge < -0.3 is 10.2 Å². The zero-order chi connectivity index (χ0) is 22.8. The van der Waals surface area contributed by atoms with Crippen molar-refractivity contribution >= 4 is 28.4 Å². The molecule has 2 heterocycles. The van der Waals surface area contributed by atoms with Crippen LogP contribution in [0.3, 0.4) is 0 Å². The molecule has 7 heteroatoms. The van der Waals surface area contributed by atoms with Gasteiger partial charge in [0.2, 0.25) is 11.8 Å². The van der Waals surface area contributed by atoms with Crippen molar-refractivity contribution in [3.63, 3.8) is 0 Å². The van der Waals surface area contributed by atoms with Crippen LogP contribution < -0.4 is 10.9 Å². The minimum atomic E-state index is -0.216. The van der Waals surface area contributed by atoms with Crippen LogP contribution in [0.25, 0.3) is 10.9 Å². The van der Waals surface area contributed by atoms with Crippen LogP contribution in [0, 0.1) is 5.92 Å². The largest absolute Gasteiger partial charge is 0.342 e. The van der Waals surface area contributed by atoms with Gasteiger partial charge in [-0.05, 0) is 49.9 Å². The molecule has 3 aromatic rings. The van der Waals surface area contributed by atoms with E-state index in [0.29, 0.717) is 36.2 Å². The molecule has 5 rings (SSSR count). The number of fused-ring (bicyclic) bond motifs is 1. The summed E-state index contributed by atoms with van der Waals surface area (Å²) in [7, 11) is 0. The Kier molecular flexibility index (Phi) is 5.94. The number of rotatable bonds is 6. The molecule has 2 aromatic carbocycles. The van der Waals surface area contributed by atoms with E-state index in [0.717, 1.165) is 31.4 Å². The maximum Gasteiger partial charge on any atom is 0.261 e. The molecule has 1 atom stereocenters. The summed E-state index contributed by atoms with van der Waals surface area (Å²) in [5, 5.41) is 3.58. The lowest BCUT2D eigenvalue weighted by molar-refractivity contribution is -0.134. The molecule has 1 unspecified atom stereocenters. The Morgan fingerprint density at radius 3 is 2.55 bits per heavy atom. The zero-order valence-corrected chi connectivity index (χ0v) is 18.6. The summed E-state index contributed by atoms with van der Waals surface area (Å²) < 4.78 is 1.79. The Morgan fingerprint density at radius 1 is 1.00 bits per heavy atom. The van der Waals surface area contributed by atoms with Crippen LogP contribution in [0.1, 0.15) is 44.0 Å². The number of aryl methyl sites for hydroxylation is 1. The zero-order valence-electron chi connectivity index (χ0n) is 18.6. The third kappa shape index (κ3) is 4.67. The molecule has 0 radical (unpaired) electrons. The van der Waals surface area contributed by atoms with E-state index in [2.05, 4.69) is 5.32 Å². The number of benzene rings is 2. The summed E-state index contributed by atoms with van der Waals surface area (Å²) in [5.74, 6) is 0.436. The van der Waals surface area contributed by atoms with E-state index in [1.165, 1.54) is 0 Å². The standard InChI is InChI=1S/C26H28N4O3/c31-24(29-16-6-7-18(17-29)25(32)27-19-8-2-1-3-9-19)15-14-23-28-22-11-5-4-10-21(22)26(33)30(23)20-12-13-20/h1-5,8-11,18,20H,6-7,12-17H2,(H,27,32). The molecule has 2 fully saturated rings. The Bertz CT molecular complexity index is 1230. The van der Waals surface area contributed by atoms with Gasteiger partial charge in [-0.15, -0.1) is 0 Å². The number of piperidine rings is 1. The van der Waals surface area contributed by atoms with Gasteiger partial charge >= 0.3 is 0 Å². The third-order valence-corrected chi connectivity index (χ3v) is 6.54. The van der Waals surface area contributed by atoms with Crippen LogP contribution >= 0.6 is 0 Å². The van der Waals surface area contributed by atoms with Gasteiger partial charge in [-0.3, -0.25) is 19.0 Å². The molecule has 1 saturated carbocycles. The summed E-state index contributed by atoms with van der Waals surface area (Å²) >= 11 is 0. The SMILES string of the molecule is O=C(Nc1ccccc1)C1CCCN(C(=O)CCc2nc3ccccc3c(=O)n2C2CC2)C1. The lowest BCUT2D eigenvalue weighted by Crippen LogP contribution is -2.44. The van der Waals surface area contributed by atoms with Gasteiger partial charge in [0.05, 0.1) is 16.8 Å². The second-order valence-electron chi connectivity index (χ2n) is 8.99. The fourth-order valence-electron chi connectivity index (χ4n) is 4.64. The molecule has 1 saturated heterocycles. The minimum Gasteiger partial charge on any atom is -0.342 e. The first-order chi connectivity index (χ1) is 16.1. The predicted molar refractivity (Wildman–Crippen MR) is 127 cm³/mol. The summed E-state index contributed by atoms with van der Waals surface area (Å²) in [5.41, 5.74) is 1.44. The number of para-hydroxylation sites is 2. The molecule has 0 bridgehead atoms. The number of likely N-dealkylation sites (tertiary alicyclic amines) is 1. The summed E-state index contributed by atoms with van der Waals surface area (Å²) in [6.07, 6.45) is 4.24. The van der Waals surface area contributed by atoms with Crippen LogP contribution in [0.5, 0.6) is 0 Å². The number of hydrogen-bond donors (Lipinski definition) is 1. The van der Waals surface area contributed by atoms with E-state index in [-0.39, 0.29) is 35.8 Å². The first kappa shape index (κ1) is 21.4. The summed E-state index contributed by atoms with van der Waals surface area (Å²) in [6.45, 7) is 1.09. The molecule has 1 N–H and O–H groups in total. The van der Waals surface area contributed by atoms with Gasteiger partial charge in [-0.25, -0.2) is 4.98 Å². The quantitative estimate of drug-likeness (QED) is 0.630. The van der Waals surface area contributed by atoms with Crippen LogP contribution in [0.4, 0.5) is 5.69 Å². The molecular weight excluding hydrogens is 416 g/mol. The summed E-state index contributed by atoms with van der Waals surface area (Å²) in [6, 6.07) is 17.0. The maximum atomic E-state index is 13.0. The van der Waals surface area contributed by atoms with Crippen molar-refractivity contribution in [1.82, 2.24) is 14.5 Å². The average molecular weight is 445 g/mol. The molecule has 1 aliphatic heterocycles. The van der Waals surface area contributed by atoms with Crippen molar-refractivity contribution in [2.45, 2.75) is 44.6 Å². The van der Waals surface area contributed by atoms with E-state index in [9.17, 15) is 14.4 Å². The molecule has 7 nitrogen and oxygen atoms in total. The fraction of sp³-hybridized carbons (Fsp3) is 0.385. The number of carbonyl (C=O) groups is 2. The van der Waals surface area contributed by atoms with E-state index in [1.807, 2.05) is 54.6 Å². The maximum absolute atomic E-state index is 13.0. The Morgan fingerprint density at radius 2 is 1.76 bits per heavy atom. The number of amides is 2. The van der Waals surface area contributed by atoms with Crippen molar-refractivity contribution in [1.29, 1.82) is 0 Å². The number of aromatic nitrogens is 2.